The van der Waals surface area contributed by atoms with E-state index in [1.54, 1.807) is 6.07 Å². The molecule has 2 fully saturated rings. The average Bonchev–Trinajstić information content (AvgIpc) is 3.15. The van der Waals surface area contributed by atoms with Gasteiger partial charge in [0.25, 0.3) is 0 Å². The number of nitrogens with zero attached hydrogens (tertiary/aromatic N) is 2. The van der Waals surface area contributed by atoms with Crippen molar-refractivity contribution in [3.63, 3.8) is 0 Å². The monoisotopic (exact) mass is 351 g/mol. The summed E-state index contributed by atoms with van der Waals surface area (Å²) in [6.45, 7) is 1.02. The van der Waals surface area contributed by atoms with Crippen LogP contribution in [0.5, 0.6) is 0 Å². The van der Waals surface area contributed by atoms with E-state index in [1.807, 2.05) is 0 Å². The molecule has 1 aliphatic heterocycles. The highest BCUT2D eigenvalue weighted by Crippen LogP contribution is 2.44. The van der Waals surface area contributed by atoms with E-state index >= 15 is 0 Å². The molecule has 1 aromatic heterocycles. The fraction of sp³-hybridized carbons (Fsp3) is 0.467. The lowest BCUT2D eigenvalue weighted by atomic mass is 9.94. The number of aromatic nitrogens is 2. The van der Waals surface area contributed by atoms with Crippen molar-refractivity contribution in [2.75, 3.05) is 6.54 Å². The molecule has 2 aliphatic rings. The first-order chi connectivity index (χ1) is 10.2. The number of halogens is 2. The fourth-order valence-electron chi connectivity index (χ4n) is 3.60. The highest BCUT2D eigenvalue weighted by molar-refractivity contribution is 9.10. The van der Waals surface area contributed by atoms with Crippen molar-refractivity contribution in [3.8, 4) is 11.4 Å². The first-order valence-corrected chi connectivity index (χ1v) is 8.04. The van der Waals surface area contributed by atoms with Gasteiger partial charge in [-0.2, -0.15) is 4.98 Å². The molecular weight excluding hydrogens is 337 g/mol. The van der Waals surface area contributed by atoms with Crippen LogP contribution in [0.1, 0.15) is 31.2 Å². The van der Waals surface area contributed by atoms with E-state index in [0.717, 1.165) is 16.9 Å². The lowest BCUT2D eigenvalue weighted by Crippen LogP contribution is -2.18. The Morgan fingerprint density at radius 3 is 3.14 bits per heavy atom. The van der Waals surface area contributed by atoms with E-state index in [-0.39, 0.29) is 11.9 Å². The second kappa shape index (κ2) is 5.18. The highest BCUT2D eigenvalue weighted by atomic mass is 79.9. The molecule has 21 heavy (non-hydrogen) atoms. The van der Waals surface area contributed by atoms with Crippen molar-refractivity contribution in [1.82, 2.24) is 15.5 Å². The number of hydrogen-bond acceptors (Lipinski definition) is 4. The van der Waals surface area contributed by atoms with Crippen molar-refractivity contribution >= 4 is 15.9 Å². The lowest BCUT2D eigenvalue weighted by molar-refractivity contribution is 0.302. The predicted octanol–water partition coefficient (Wildman–Crippen LogP) is 3.70. The molecule has 3 atom stereocenters. The van der Waals surface area contributed by atoms with E-state index in [4.69, 9.17) is 4.52 Å². The minimum absolute atomic E-state index is 0.145. The highest BCUT2D eigenvalue weighted by Gasteiger charge is 2.42. The van der Waals surface area contributed by atoms with Gasteiger partial charge >= 0.3 is 0 Å². The van der Waals surface area contributed by atoms with Crippen molar-refractivity contribution in [2.45, 2.75) is 25.3 Å². The number of hydrogen-bond donors (Lipinski definition) is 1. The van der Waals surface area contributed by atoms with Crippen molar-refractivity contribution in [2.24, 2.45) is 11.8 Å². The van der Waals surface area contributed by atoms with Crippen molar-refractivity contribution in [1.29, 1.82) is 0 Å². The summed E-state index contributed by atoms with van der Waals surface area (Å²) in [5.74, 6) is 2.06. The quantitative estimate of drug-likeness (QED) is 0.896. The molecule has 1 aliphatic carbocycles. The maximum Gasteiger partial charge on any atom is 0.244 e. The molecule has 0 radical (unpaired) electrons. The fourth-order valence-corrected chi connectivity index (χ4v) is 4.02. The van der Waals surface area contributed by atoms with Gasteiger partial charge < -0.3 is 9.84 Å². The molecule has 1 N–H and O–H groups in total. The van der Waals surface area contributed by atoms with E-state index in [1.165, 1.54) is 31.4 Å². The summed E-state index contributed by atoms with van der Waals surface area (Å²) in [5.41, 5.74) is 0.617. The predicted molar refractivity (Wildman–Crippen MR) is 79.0 cm³/mol. The average molecular weight is 352 g/mol. The minimum atomic E-state index is -0.311. The number of fused-ring (bicyclic) bond motifs is 1. The van der Waals surface area contributed by atoms with Gasteiger partial charge in [-0.05, 0) is 49.4 Å². The molecule has 1 saturated carbocycles. The van der Waals surface area contributed by atoms with E-state index in [0.29, 0.717) is 23.2 Å². The van der Waals surface area contributed by atoms with E-state index in [2.05, 4.69) is 31.4 Å². The Morgan fingerprint density at radius 2 is 2.24 bits per heavy atom. The summed E-state index contributed by atoms with van der Waals surface area (Å²) in [7, 11) is 0. The summed E-state index contributed by atoms with van der Waals surface area (Å²) in [6, 6.07) is 4.61. The zero-order valence-electron chi connectivity index (χ0n) is 11.4. The third kappa shape index (κ3) is 2.30. The zero-order valence-corrected chi connectivity index (χ0v) is 12.9. The van der Waals surface area contributed by atoms with Crippen LogP contribution in [0.25, 0.3) is 11.4 Å². The van der Waals surface area contributed by atoms with Gasteiger partial charge in [-0.15, -0.1) is 0 Å². The molecule has 110 valence electrons. The molecule has 1 aromatic carbocycles. The standard InChI is InChI=1S/C15H15BrFN3O/c16-12-5-4-9(17)6-11(12)14-19-15(21-20-14)13-10-3-1-2-8(10)7-18-13/h4-6,8,10,13,18H,1-3,7H2. The summed E-state index contributed by atoms with van der Waals surface area (Å²) in [5, 5.41) is 7.51. The van der Waals surface area contributed by atoms with Crippen molar-refractivity contribution < 1.29 is 8.91 Å². The molecule has 4 rings (SSSR count). The van der Waals surface area contributed by atoms with Gasteiger partial charge in [0.2, 0.25) is 11.7 Å². The molecule has 0 spiro atoms. The largest absolute Gasteiger partial charge is 0.337 e. The van der Waals surface area contributed by atoms with Crippen LogP contribution >= 0.6 is 15.9 Å². The van der Waals surface area contributed by atoms with Gasteiger partial charge in [-0.1, -0.05) is 27.5 Å². The molecule has 6 heteroatoms. The molecule has 1 saturated heterocycles. The molecule has 4 nitrogen and oxygen atoms in total. The van der Waals surface area contributed by atoms with Crippen LogP contribution in [0.15, 0.2) is 27.2 Å². The number of nitrogens with one attached hydrogen (secondary N) is 1. The summed E-state index contributed by atoms with van der Waals surface area (Å²) in [4.78, 5) is 4.49. The number of rotatable bonds is 2. The first-order valence-electron chi connectivity index (χ1n) is 7.25. The summed E-state index contributed by atoms with van der Waals surface area (Å²) in [6.07, 6.45) is 3.78. The maximum absolute atomic E-state index is 13.4. The smallest absolute Gasteiger partial charge is 0.244 e. The van der Waals surface area contributed by atoms with Crippen LogP contribution in [0.3, 0.4) is 0 Å². The topological polar surface area (TPSA) is 51.0 Å². The maximum atomic E-state index is 13.4. The Balaban J connectivity index is 1.65. The van der Waals surface area contributed by atoms with E-state index < -0.39 is 0 Å². The van der Waals surface area contributed by atoms with Gasteiger partial charge in [-0.3, -0.25) is 0 Å². The van der Waals surface area contributed by atoms with Gasteiger partial charge in [0.15, 0.2) is 0 Å². The minimum Gasteiger partial charge on any atom is -0.337 e. The van der Waals surface area contributed by atoms with Gasteiger partial charge in [-0.25, -0.2) is 4.39 Å². The molecule has 0 amide bonds. The summed E-state index contributed by atoms with van der Waals surface area (Å²) >= 11 is 3.40. The van der Waals surface area contributed by atoms with Crippen LogP contribution in [0, 0.1) is 17.7 Å². The van der Waals surface area contributed by atoms with Crippen LogP contribution in [-0.2, 0) is 0 Å². The normalized spacial score (nSPS) is 28.0. The first kappa shape index (κ1) is 13.4. The van der Waals surface area contributed by atoms with Gasteiger partial charge in [0.05, 0.1) is 6.04 Å². The summed E-state index contributed by atoms with van der Waals surface area (Å²) < 4.78 is 19.6. The molecule has 2 aromatic rings. The molecule has 2 heterocycles. The molecule has 0 bridgehead atoms. The SMILES string of the molecule is Fc1ccc(Br)c(-c2noc(C3NCC4CCCC43)n2)c1. The van der Waals surface area contributed by atoms with E-state index in [9.17, 15) is 4.39 Å². The zero-order chi connectivity index (χ0) is 14.4. The van der Waals surface area contributed by atoms with Gasteiger partial charge in [0.1, 0.15) is 5.82 Å². The Kier molecular flexibility index (Phi) is 3.30. The second-order valence-corrected chi connectivity index (χ2v) is 6.68. The third-order valence-electron chi connectivity index (χ3n) is 4.62. The lowest BCUT2D eigenvalue weighted by Gasteiger charge is -2.13. The van der Waals surface area contributed by atoms with Crippen LogP contribution in [0.4, 0.5) is 4.39 Å². The third-order valence-corrected chi connectivity index (χ3v) is 5.31. The Bertz CT molecular complexity index is 675. The Hall–Kier alpha value is -1.27. The van der Waals surface area contributed by atoms with Crippen LogP contribution < -0.4 is 5.32 Å². The molecular formula is C15H15BrFN3O. The number of benzene rings is 1. The Morgan fingerprint density at radius 1 is 1.33 bits per heavy atom. The van der Waals surface area contributed by atoms with Gasteiger partial charge in [0, 0.05) is 10.0 Å². The second-order valence-electron chi connectivity index (χ2n) is 5.82. The molecule has 3 unspecified atom stereocenters. The van der Waals surface area contributed by atoms with Crippen LogP contribution in [0.2, 0.25) is 0 Å². The van der Waals surface area contributed by atoms with Crippen LogP contribution in [-0.4, -0.2) is 16.7 Å². The Labute approximate surface area is 130 Å². The van der Waals surface area contributed by atoms with Crippen molar-refractivity contribution in [3.05, 3.63) is 34.4 Å².